The van der Waals surface area contributed by atoms with Crippen LogP contribution in [0.3, 0.4) is 0 Å². The average Bonchev–Trinajstić information content (AvgIpc) is 3.20. The van der Waals surface area contributed by atoms with Gasteiger partial charge in [0.25, 0.3) is 5.91 Å². The summed E-state index contributed by atoms with van der Waals surface area (Å²) >= 11 is 1.02. The van der Waals surface area contributed by atoms with Crippen molar-refractivity contribution in [2.24, 2.45) is 0 Å². The molecule has 1 atom stereocenters. The van der Waals surface area contributed by atoms with Crippen LogP contribution in [0.2, 0.25) is 0 Å². The normalized spacial score (nSPS) is 14.2. The van der Waals surface area contributed by atoms with E-state index in [0.29, 0.717) is 11.3 Å². The van der Waals surface area contributed by atoms with E-state index in [4.69, 9.17) is 9.47 Å². The number of nitrogens with zero attached hydrogens (tertiary/aromatic N) is 1. The number of carbonyl (C=O) groups is 3. The van der Waals surface area contributed by atoms with Gasteiger partial charge in [-0.1, -0.05) is 30.3 Å². The molecule has 2 heterocycles. The lowest BCUT2D eigenvalue weighted by Crippen LogP contribution is -2.43. The number of amides is 2. The van der Waals surface area contributed by atoms with Crippen molar-refractivity contribution in [1.29, 1.82) is 0 Å². The number of fused-ring (bicyclic) bond motifs is 1. The standard InChI is InChI=1S/C23H18FNO5S/c1-13(14-6-4-3-5-7-14)30-16-8-9-17(24)18(11-16)25-19(26)10-15-12-31-21(23(28)29-2)20(15)22(25)27/h3-9,11-13H,10H2,1-2H3. The highest BCUT2D eigenvalue weighted by atomic mass is 32.1. The van der Waals surface area contributed by atoms with E-state index in [-0.39, 0.29) is 28.7 Å². The molecule has 0 spiro atoms. The summed E-state index contributed by atoms with van der Waals surface area (Å²) in [5, 5.41) is 1.58. The summed E-state index contributed by atoms with van der Waals surface area (Å²) in [6, 6.07) is 13.4. The third-order valence-corrected chi connectivity index (χ3v) is 6.00. The molecule has 0 fully saturated rings. The molecule has 0 bridgehead atoms. The second-order valence-electron chi connectivity index (χ2n) is 6.95. The van der Waals surface area contributed by atoms with Crippen LogP contribution in [0.15, 0.2) is 53.9 Å². The Labute approximate surface area is 181 Å². The molecule has 3 aromatic rings. The Balaban J connectivity index is 1.68. The predicted octanol–water partition coefficient (Wildman–Crippen LogP) is 4.54. The number of hydrogen-bond donors (Lipinski definition) is 0. The van der Waals surface area contributed by atoms with E-state index in [1.54, 1.807) is 5.38 Å². The minimum Gasteiger partial charge on any atom is -0.486 e. The first-order chi connectivity index (χ1) is 14.9. The number of rotatable bonds is 5. The van der Waals surface area contributed by atoms with Crippen molar-refractivity contribution in [3.63, 3.8) is 0 Å². The molecule has 31 heavy (non-hydrogen) atoms. The topological polar surface area (TPSA) is 72.9 Å². The molecule has 8 heteroatoms. The number of anilines is 1. The van der Waals surface area contributed by atoms with Gasteiger partial charge >= 0.3 is 5.97 Å². The molecule has 2 amide bonds. The van der Waals surface area contributed by atoms with Gasteiger partial charge in [-0.15, -0.1) is 11.3 Å². The lowest BCUT2D eigenvalue weighted by atomic mass is 10.0. The number of methoxy groups -OCH3 is 1. The molecule has 0 N–H and O–H groups in total. The van der Waals surface area contributed by atoms with E-state index in [1.807, 2.05) is 37.3 Å². The van der Waals surface area contributed by atoms with Crippen molar-refractivity contribution >= 4 is 34.8 Å². The lowest BCUT2D eigenvalue weighted by Gasteiger charge is -2.26. The van der Waals surface area contributed by atoms with E-state index < -0.39 is 23.6 Å². The van der Waals surface area contributed by atoms with E-state index in [0.717, 1.165) is 27.9 Å². The molecule has 1 unspecified atom stereocenters. The number of hydrogen-bond acceptors (Lipinski definition) is 6. The van der Waals surface area contributed by atoms with E-state index in [1.165, 1.54) is 19.2 Å². The van der Waals surface area contributed by atoms with Gasteiger partial charge in [-0.3, -0.25) is 9.59 Å². The van der Waals surface area contributed by atoms with E-state index in [2.05, 4.69) is 0 Å². The van der Waals surface area contributed by atoms with E-state index >= 15 is 0 Å². The molecule has 1 aromatic heterocycles. The van der Waals surface area contributed by atoms with Crippen molar-refractivity contribution in [3.8, 4) is 5.75 Å². The zero-order chi connectivity index (χ0) is 22.1. The minimum atomic E-state index is -0.764. The van der Waals surface area contributed by atoms with Crippen LogP contribution in [-0.4, -0.2) is 24.9 Å². The third kappa shape index (κ3) is 3.82. The molecular weight excluding hydrogens is 421 g/mol. The zero-order valence-electron chi connectivity index (χ0n) is 16.8. The number of benzene rings is 2. The Morgan fingerprint density at radius 2 is 1.90 bits per heavy atom. The van der Waals surface area contributed by atoms with Crippen LogP contribution >= 0.6 is 11.3 Å². The number of halogens is 1. The second-order valence-corrected chi connectivity index (χ2v) is 7.83. The summed E-state index contributed by atoms with van der Waals surface area (Å²) in [4.78, 5) is 38.7. The fourth-order valence-electron chi connectivity index (χ4n) is 3.45. The fourth-order valence-corrected chi connectivity index (χ4v) is 4.42. The molecule has 158 valence electrons. The van der Waals surface area contributed by atoms with Crippen molar-refractivity contribution in [1.82, 2.24) is 0 Å². The van der Waals surface area contributed by atoms with Crippen LogP contribution in [0.25, 0.3) is 0 Å². The molecule has 1 aliphatic rings. The average molecular weight is 439 g/mol. The largest absolute Gasteiger partial charge is 0.486 e. The van der Waals surface area contributed by atoms with Gasteiger partial charge in [-0.25, -0.2) is 14.1 Å². The number of esters is 1. The van der Waals surface area contributed by atoms with Gasteiger partial charge in [0.1, 0.15) is 22.5 Å². The van der Waals surface area contributed by atoms with Gasteiger partial charge in [-0.05, 0) is 35.6 Å². The van der Waals surface area contributed by atoms with Gasteiger partial charge in [0.05, 0.1) is 24.8 Å². The summed E-state index contributed by atoms with van der Waals surface area (Å²) in [7, 11) is 1.21. The summed E-state index contributed by atoms with van der Waals surface area (Å²) in [6.45, 7) is 1.84. The lowest BCUT2D eigenvalue weighted by molar-refractivity contribution is -0.117. The van der Waals surface area contributed by atoms with Gasteiger partial charge in [0, 0.05) is 6.07 Å². The van der Waals surface area contributed by atoms with Gasteiger partial charge in [0.15, 0.2) is 0 Å². The van der Waals surface area contributed by atoms with Crippen molar-refractivity contribution < 1.29 is 28.2 Å². The number of imide groups is 1. The van der Waals surface area contributed by atoms with E-state index in [9.17, 15) is 18.8 Å². The van der Waals surface area contributed by atoms with Crippen LogP contribution in [-0.2, 0) is 16.0 Å². The molecule has 2 aromatic carbocycles. The van der Waals surface area contributed by atoms with Crippen LogP contribution < -0.4 is 9.64 Å². The maximum atomic E-state index is 14.7. The Kier molecular flexibility index (Phi) is 5.56. The van der Waals surface area contributed by atoms with Gasteiger partial charge < -0.3 is 9.47 Å². The molecule has 4 rings (SSSR count). The number of ether oxygens (including phenoxy) is 2. The van der Waals surface area contributed by atoms with Crippen LogP contribution in [0.5, 0.6) is 5.75 Å². The number of thiophene rings is 1. The fraction of sp³-hybridized carbons (Fsp3) is 0.174. The Morgan fingerprint density at radius 3 is 2.61 bits per heavy atom. The first kappa shape index (κ1) is 20.7. The van der Waals surface area contributed by atoms with Crippen molar-refractivity contribution in [2.45, 2.75) is 19.4 Å². The Morgan fingerprint density at radius 1 is 1.16 bits per heavy atom. The molecule has 1 aliphatic heterocycles. The quantitative estimate of drug-likeness (QED) is 0.431. The summed E-state index contributed by atoms with van der Waals surface area (Å²) in [5.74, 6) is -2.47. The Hall–Kier alpha value is -3.52. The summed E-state index contributed by atoms with van der Waals surface area (Å²) in [6.07, 6.45) is -0.457. The molecule has 6 nitrogen and oxygen atoms in total. The third-order valence-electron chi connectivity index (χ3n) is 4.99. The SMILES string of the molecule is COC(=O)c1scc2c1C(=O)N(c1cc(OC(C)c3ccccc3)ccc1F)C(=O)C2. The van der Waals surface area contributed by atoms with Crippen LogP contribution in [0.4, 0.5) is 10.1 Å². The van der Waals surface area contributed by atoms with Crippen LogP contribution in [0.1, 0.15) is 44.2 Å². The number of carbonyl (C=O) groups excluding carboxylic acids is 3. The predicted molar refractivity (Wildman–Crippen MR) is 113 cm³/mol. The highest BCUT2D eigenvalue weighted by Crippen LogP contribution is 2.35. The van der Waals surface area contributed by atoms with Gasteiger partial charge in [-0.2, -0.15) is 0 Å². The van der Waals surface area contributed by atoms with Crippen LogP contribution in [0, 0.1) is 5.82 Å². The maximum absolute atomic E-state index is 14.7. The monoisotopic (exact) mass is 439 g/mol. The molecular formula is C23H18FNO5S. The summed E-state index contributed by atoms with van der Waals surface area (Å²) in [5.41, 5.74) is 1.20. The molecule has 0 saturated heterocycles. The molecule has 0 radical (unpaired) electrons. The first-order valence-electron chi connectivity index (χ1n) is 9.47. The zero-order valence-corrected chi connectivity index (χ0v) is 17.6. The highest BCUT2D eigenvalue weighted by molar-refractivity contribution is 7.12. The summed E-state index contributed by atoms with van der Waals surface area (Å²) < 4.78 is 25.3. The van der Waals surface area contributed by atoms with Crippen molar-refractivity contribution in [3.05, 3.63) is 81.3 Å². The molecule has 0 saturated carbocycles. The molecule has 0 aliphatic carbocycles. The highest BCUT2D eigenvalue weighted by Gasteiger charge is 2.38. The second kappa shape index (κ2) is 8.31. The smallest absolute Gasteiger partial charge is 0.348 e. The maximum Gasteiger partial charge on any atom is 0.348 e. The van der Waals surface area contributed by atoms with Crippen molar-refractivity contribution in [2.75, 3.05) is 12.0 Å². The first-order valence-corrected chi connectivity index (χ1v) is 10.4. The Bertz CT molecular complexity index is 1170. The van der Waals surface area contributed by atoms with Gasteiger partial charge in [0.2, 0.25) is 5.91 Å². The minimum absolute atomic E-state index is 0.0693.